The lowest BCUT2D eigenvalue weighted by Gasteiger charge is -2.43. The maximum absolute atomic E-state index is 12.8. The van der Waals surface area contributed by atoms with E-state index in [0.717, 1.165) is 23.2 Å². The molecule has 6 heteroatoms. The molecule has 1 aromatic rings. The van der Waals surface area contributed by atoms with E-state index in [1.165, 1.54) is 0 Å². The maximum Gasteiger partial charge on any atom is 0.245 e. The molecule has 1 atom stereocenters. The summed E-state index contributed by atoms with van der Waals surface area (Å²) in [5.41, 5.74) is 1.82. The fraction of sp³-hybridized carbons (Fsp3) is 0.500. The fourth-order valence-electron chi connectivity index (χ4n) is 3.62. The Labute approximate surface area is 141 Å². The Morgan fingerprint density at radius 3 is 2.88 bits per heavy atom. The van der Waals surface area contributed by atoms with Crippen molar-refractivity contribution in [2.24, 2.45) is 0 Å². The number of nitrogens with one attached hydrogen (secondary N) is 2. The minimum atomic E-state index is -0.783. The van der Waals surface area contributed by atoms with Gasteiger partial charge in [0.2, 0.25) is 17.7 Å². The molecule has 2 heterocycles. The maximum atomic E-state index is 12.8. The molecule has 128 valence electrons. The van der Waals surface area contributed by atoms with E-state index < -0.39 is 5.54 Å². The molecule has 3 amide bonds. The molecule has 6 nitrogen and oxygen atoms in total. The number of anilines is 1. The van der Waals surface area contributed by atoms with E-state index in [2.05, 4.69) is 10.6 Å². The molecule has 3 rings (SSSR count). The summed E-state index contributed by atoms with van der Waals surface area (Å²) in [5, 5.41) is 5.67. The normalized spacial score (nSPS) is 22.8. The Morgan fingerprint density at radius 1 is 1.33 bits per heavy atom. The van der Waals surface area contributed by atoms with E-state index in [0.29, 0.717) is 25.9 Å². The monoisotopic (exact) mass is 329 g/mol. The second kappa shape index (κ2) is 6.26. The average molecular weight is 329 g/mol. The van der Waals surface area contributed by atoms with Crippen molar-refractivity contribution in [3.63, 3.8) is 0 Å². The van der Waals surface area contributed by atoms with Crippen LogP contribution in [0.3, 0.4) is 0 Å². The van der Waals surface area contributed by atoms with Gasteiger partial charge < -0.3 is 15.5 Å². The van der Waals surface area contributed by atoms with E-state index in [1.807, 2.05) is 32.0 Å². The van der Waals surface area contributed by atoms with Crippen molar-refractivity contribution in [1.82, 2.24) is 10.2 Å². The smallest absolute Gasteiger partial charge is 0.245 e. The van der Waals surface area contributed by atoms with Gasteiger partial charge in [0.05, 0.1) is 12.8 Å². The molecule has 0 bridgehead atoms. The standard InChI is InChI=1S/C18H23N3O3/c1-3-6-18(2)17(24)19-7-8-21(18)16(23)10-12-4-5-13-11-15(22)20-14(13)9-12/h4-5,9H,3,6-8,10-11H2,1-2H3,(H,19,24)(H,20,22). The molecule has 0 saturated carbocycles. The highest BCUT2D eigenvalue weighted by molar-refractivity contribution is 5.99. The van der Waals surface area contributed by atoms with Crippen LogP contribution in [0.1, 0.15) is 37.8 Å². The third-order valence-corrected chi connectivity index (χ3v) is 4.90. The average Bonchev–Trinajstić information content (AvgIpc) is 2.89. The lowest BCUT2D eigenvalue weighted by atomic mass is 9.90. The highest BCUT2D eigenvalue weighted by atomic mass is 16.2. The molecule has 1 saturated heterocycles. The first kappa shape index (κ1) is 16.5. The van der Waals surface area contributed by atoms with Crippen LogP contribution in [0.5, 0.6) is 0 Å². The molecular weight excluding hydrogens is 306 g/mol. The van der Waals surface area contributed by atoms with Crippen LogP contribution in [0.25, 0.3) is 0 Å². The van der Waals surface area contributed by atoms with Crippen LogP contribution in [-0.2, 0) is 27.2 Å². The third kappa shape index (κ3) is 2.88. The molecule has 24 heavy (non-hydrogen) atoms. The Hall–Kier alpha value is -2.37. The topological polar surface area (TPSA) is 78.5 Å². The van der Waals surface area contributed by atoms with E-state index in [4.69, 9.17) is 0 Å². The minimum Gasteiger partial charge on any atom is -0.352 e. The Balaban J connectivity index is 1.77. The van der Waals surface area contributed by atoms with Crippen LogP contribution in [0.4, 0.5) is 5.69 Å². The highest BCUT2D eigenvalue weighted by Crippen LogP contribution is 2.27. The van der Waals surface area contributed by atoms with Gasteiger partial charge in [-0.3, -0.25) is 14.4 Å². The number of carbonyl (C=O) groups is 3. The van der Waals surface area contributed by atoms with Gasteiger partial charge in [0, 0.05) is 18.8 Å². The Bertz CT molecular complexity index is 701. The molecule has 0 spiro atoms. The number of rotatable bonds is 4. The fourth-order valence-corrected chi connectivity index (χ4v) is 3.62. The van der Waals surface area contributed by atoms with Gasteiger partial charge in [0.1, 0.15) is 5.54 Å². The first-order valence-corrected chi connectivity index (χ1v) is 8.44. The zero-order chi connectivity index (χ0) is 17.3. The van der Waals surface area contributed by atoms with E-state index in [-0.39, 0.29) is 24.1 Å². The zero-order valence-electron chi connectivity index (χ0n) is 14.1. The van der Waals surface area contributed by atoms with Crippen LogP contribution in [-0.4, -0.2) is 41.2 Å². The van der Waals surface area contributed by atoms with Crippen molar-refractivity contribution >= 4 is 23.4 Å². The van der Waals surface area contributed by atoms with Crippen LogP contribution in [0.15, 0.2) is 18.2 Å². The summed E-state index contributed by atoms with van der Waals surface area (Å²) in [6.45, 7) is 4.87. The molecule has 2 N–H and O–H groups in total. The quantitative estimate of drug-likeness (QED) is 0.872. The van der Waals surface area contributed by atoms with Gasteiger partial charge in [-0.2, -0.15) is 0 Å². The number of nitrogens with zero attached hydrogens (tertiary/aromatic N) is 1. The number of carbonyl (C=O) groups excluding carboxylic acids is 3. The molecular formula is C18H23N3O3. The first-order chi connectivity index (χ1) is 11.4. The highest BCUT2D eigenvalue weighted by Gasteiger charge is 2.43. The number of hydrogen-bond donors (Lipinski definition) is 2. The van der Waals surface area contributed by atoms with Gasteiger partial charge in [-0.05, 0) is 30.5 Å². The van der Waals surface area contributed by atoms with Crippen LogP contribution < -0.4 is 10.6 Å². The minimum absolute atomic E-state index is 0.0169. The Morgan fingerprint density at radius 2 is 2.12 bits per heavy atom. The second-order valence-corrected chi connectivity index (χ2v) is 6.72. The number of hydrogen-bond acceptors (Lipinski definition) is 3. The van der Waals surface area contributed by atoms with Gasteiger partial charge in [-0.25, -0.2) is 0 Å². The summed E-state index contributed by atoms with van der Waals surface area (Å²) in [6, 6.07) is 5.64. The molecule has 1 aromatic carbocycles. The summed E-state index contributed by atoms with van der Waals surface area (Å²) in [4.78, 5) is 38.3. The van der Waals surface area contributed by atoms with Crippen molar-refractivity contribution < 1.29 is 14.4 Å². The Kier molecular flexibility index (Phi) is 4.30. The number of amides is 3. The summed E-state index contributed by atoms with van der Waals surface area (Å²) in [6.07, 6.45) is 2.10. The SMILES string of the molecule is CCCC1(C)C(=O)NCCN1C(=O)Cc1ccc2c(c1)NC(=O)C2. The van der Waals surface area contributed by atoms with Crippen molar-refractivity contribution in [1.29, 1.82) is 0 Å². The molecule has 1 unspecified atom stereocenters. The third-order valence-electron chi connectivity index (χ3n) is 4.90. The molecule has 2 aliphatic heterocycles. The van der Waals surface area contributed by atoms with E-state index in [1.54, 1.807) is 4.90 Å². The number of fused-ring (bicyclic) bond motifs is 1. The van der Waals surface area contributed by atoms with E-state index in [9.17, 15) is 14.4 Å². The number of benzene rings is 1. The largest absolute Gasteiger partial charge is 0.352 e. The van der Waals surface area contributed by atoms with Crippen molar-refractivity contribution in [3.8, 4) is 0 Å². The van der Waals surface area contributed by atoms with Gasteiger partial charge in [0.15, 0.2) is 0 Å². The van der Waals surface area contributed by atoms with Gasteiger partial charge in [-0.1, -0.05) is 25.5 Å². The van der Waals surface area contributed by atoms with Crippen LogP contribution in [0.2, 0.25) is 0 Å². The molecule has 1 fully saturated rings. The first-order valence-electron chi connectivity index (χ1n) is 8.44. The van der Waals surface area contributed by atoms with Crippen molar-refractivity contribution in [2.45, 2.75) is 45.1 Å². The summed E-state index contributed by atoms with van der Waals surface area (Å²) >= 11 is 0. The van der Waals surface area contributed by atoms with Gasteiger partial charge >= 0.3 is 0 Å². The van der Waals surface area contributed by atoms with Crippen molar-refractivity contribution in [2.75, 3.05) is 18.4 Å². The predicted molar refractivity (Wildman–Crippen MR) is 90.5 cm³/mol. The summed E-state index contributed by atoms with van der Waals surface area (Å²) in [5.74, 6) is -0.146. The van der Waals surface area contributed by atoms with E-state index >= 15 is 0 Å². The predicted octanol–water partition coefficient (Wildman–Crippen LogP) is 1.24. The molecule has 0 aliphatic carbocycles. The molecule has 2 aliphatic rings. The molecule has 0 radical (unpaired) electrons. The van der Waals surface area contributed by atoms with Gasteiger partial charge in [0.25, 0.3) is 0 Å². The van der Waals surface area contributed by atoms with Crippen LogP contribution in [0, 0.1) is 0 Å². The van der Waals surface area contributed by atoms with Crippen molar-refractivity contribution in [3.05, 3.63) is 29.3 Å². The molecule has 0 aromatic heterocycles. The summed E-state index contributed by atoms with van der Waals surface area (Å²) in [7, 11) is 0. The summed E-state index contributed by atoms with van der Waals surface area (Å²) < 4.78 is 0. The zero-order valence-corrected chi connectivity index (χ0v) is 14.1. The van der Waals surface area contributed by atoms with Gasteiger partial charge in [-0.15, -0.1) is 0 Å². The lowest BCUT2D eigenvalue weighted by Crippen LogP contribution is -2.65. The number of piperazine rings is 1. The van der Waals surface area contributed by atoms with Crippen LogP contribution >= 0.6 is 0 Å². The second-order valence-electron chi connectivity index (χ2n) is 6.72. The lowest BCUT2D eigenvalue weighted by molar-refractivity contribution is -0.150.